The SMILES string of the molecule is CCOC(=O)C1CCN(C(C)c2nc(-c3ccc(C)c(F)c3)no2)CC1. The standard InChI is InChI=1S/C19H24FN3O3/c1-4-25-19(24)14-7-9-23(10-8-14)13(3)18-21-17(22-26-18)15-6-5-12(2)16(20)11-15/h5-6,11,13-14H,4,7-10H2,1-3H3. The third-order valence-electron chi connectivity index (χ3n) is 4.93. The lowest BCUT2D eigenvalue weighted by Crippen LogP contribution is -2.38. The first-order chi connectivity index (χ1) is 12.5. The van der Waals surface area contributed by atoms with E-state index in [-0.39, 0.29) is 23.7 Å². The molecular formula is C19H24FN3O3. The van der Waals surface area contributed by atoms with Crippen molar-refractivity contribution in [2.24, 2.45) is 5.92 Å². The molecule has 1 aliphatic rings. The van der Waals surface area contributed by atoms with Crippen LogP contribution in [-0.4, -0.2) is 40.7 Å². The second-order valence-corrected chi connectivity index (χ2v) is 6.66. The number of esters is 1. The van der Waals surface area contributed by atoms with Crippen molar-refractivity contribution in [1.29, 1.82) is 0 Å². The van der Waals surface area contributed by atoms with E-state index < -0.39 is 0 Å². The van der Waals surface area contributed by atoms with Crippen molar-refractivity contribution in [1.82, 2.24) is 15.0 Å². The summed E-state index contributed by atoms with van der Waals surface area (Å²) in [4.78, 5) is 18.5. The zero-order chi connectivity index (χ0) is 18.7. The summed E-state index contributed by atoms with van der Waals surface area (Å²) in [5.41, 5.74) is 1.17. The Bertz CT molecular complexity index is 769. The molecule has 0 spiro atoms. The zero-order valence-electron chi connectivity index (χ0n) is 15.4. The maximum atomic E-state index is 13.7. The Hall–Kier alpha value is -2.28. The van der Waals surface area contributed by atoms with E-state index in [0.29, 0.717) is 29.4 Å². The lowest BCUT2D eigenvalue weighted by Gasteiger charge is -2.33. The van der Waals surface area contributed by atoms with Gasteiger partial charge in [-0.15, -0.1) is 0 Å². The van der Waals surface area contributed by atoms with Gasteiger partial charge in [-0.1, -0.05) is 17.3 Å². The summed E-state index contributed by atoms with van der Waals surface area (Å²) < 4.78 is 24.2. The largest absolute Gasteiger partial charge is 0.466 e. The van der Waals surface area contributed by atoms with Gasteiger partial charge in [0.15, 0.2) is 0 Å². The first-order valence-corrected chi connectivity index (χ1v) is 9.00. The van der Waals surface area contributed by atoms with Crippen LogP contribution < -0.4 is 0 Å². The number of benzene rings is 1. The van der Waals surface area contributed by atoms with E-state index >= 15 is 0 Å². The Balaban J connectivity index is 1.64. The van der Waals surface area contributed by atoms with E-state index in [1.165, 1.54) is 6.07 Å². The van der Waals surface area contributed by atoms with E-state index in [9.17, 15) is 9.18 Å². The van der Waals surface area contributed by atoms with Crippen molar-refractivity contribution in [3.8, 4) is 11.4 Å². The zero-order valence-corrected chi connectivity index (χ0v) is 15.4. The van der Waals surface area contributed by atoms with Crippen LogP contribution in [0.2, 0.25) is 0 Å². The van der Waals surface area contributed by atoms with E-state index in [2.05, 4.69) is 15.0 Å². The number of nitrogens with zero attached hydrogens (tertiary/aromatic N) is 3. The minimum Gasteiger partial charge on any atom is -0.466 e. The van der Waals surface area contributed by atoms with Gasteiger partial charge in [-0.05, 0) is 58.3 Å². The number of likely N-dealkylation sites (tertiary alicyclic amines) is 1. The van der Waals surface area contributed by atoms with Gasteiger partial charge in [0.05, 0.1) is 18.6 Å². The number of aromatic nitrogens is 2. The van der Waals surface area contributed by atoms with Crippen molar-refractivity contribution in [2.75, 3.05) is 19.7 Å². The molecule has 1 saturated heterocycles. The average Bonchev–Trinajstić information content (AvgIpc) is 3.14. The number of aryl methyl sites for hydroxylation is 1. The van der Waals surface area contributed by atoms with E-state index in [0.717, 1.165) is 25.9 Å². The molecule has 0 aliphatic carbocycles. The van der Waals surface area contributed by atoms with Gasteiger partial charge in [0.25, 0.3) is 0 Å². The second kappa shape index (κ2) is 7.95. The van der Waals surface area contributed by atoms with Crippen molar-refractivity contribution in [3.05, 3.63) is 35.5 Å². The maximum absolute atomic E-state index is 13.7. The van der Waals surface area contributed by atoms with Crippen LogP contribution in [-0.2, 0) is 9.53 Å². The van der Waals surface area contributed by atoms with E-state index in [4.69, 9.17) is 9.26 Å². The van der Waals surface area contributed by atoms with Gasteiger partial charge < -0.3 is 9.26 Å². The fraction of sp³-hybridized carbons (Fsp3) is 0.526. The predicted octanol–water partition coefficient (Wildman–Crippen LogP) is 3.52. The Morgan fingerprint density at radius 2 is 2.15 bits per heavy atom. The minimum atomic E-state index is -0.289. The molecular weight excluding hydrogens is 337 g/mol. The number of hydrogen-bond donors (Lipinski definition) is 0. The molecule has 0 bridgehead atoms. The number of rotatable bonds is 5. The molecule has 1 aromatic carbocycles. The summed E-state index contributed by atoms with van der Waals surface area (Å²) in [6.45, 7) is 7.48. The molecule has 26 heavy (non-hydrogen) atoms. The number of hydrogen-bond acceptors (Lipinski definition) is 6. The third-order valence-corrected chi connectivity index (χ3v) is 4.93. The lowest BCUT2D eigenvalue weighted by molar-refractivity contribution is -0.149. The topological polar surface area (TPSA) is 68.5 Å². The molecule has 7 heteroatoms. The smallest absolute Gasteiger partial charge is 0.309 e. The number of ether oxygens (including phenoxy) is 1. The van der Waals surface area contributed by atoms with E-state index in [1.54, 1.807) is 19.1 Å². The molecule has 0 amide bonds. The van der Waals surface area contributed by atoms with Crippen LogP contribution in [0.1, 0.15) is 44.2 Å². The molecule has 140 valence electrons. The molecule has 1 unspecified atom stereocenters. The van der Waals surface area contributed by atoms with Gasteiger partial charge in [-0.25, -0.2) is 4.39 Å². The fourth-order valence-corrected chi connectivity index (χ4v) is 3.19. The monoisotopic (exact) mass is 361 g/mol. The van der Waals surface area contributed by atoms with Crippen LogP contribution in [0.5, 0.6) is 0 Å². The normalized spacial score (nSPS) is 17.2. The molecule has 0 saturated carbocycles. The highest BCUT2D eigenvalue weighted by atomic mass is 19.1. The van der Waals surface area contributed by atoms with Gasteiger partial charge >= 0.3 is 5.97 Å². The molecule has 1 atom stereocenters. The van der Waals surface area contributed by atoms with Gasteiger partial charge in [0, 0.05) is 5.56 Å². The van der Waals surface area contributed by atoms with Crippen LogP contribution in [0.25, 0.3) is 11.4 Å². The fourth-order valence-electron chi connectivity index (χ4n) is 3.19. The van der Waals surface area contributed by atoms with Gasteiger partial charge in [0.2, 0.25) is 11.7 Å². The Labute approximate surface area is 152 Å². The molecule has 2 aromatic rings. The summed E-state index contributed by atoms with van der Waals surface area (Å²) in [5, 5.41) is 3.99. The quantitative estimate of drug-likeness (QED) is 0.759. The molecule has 3 rings (SSSR count). The Morgan fingerprint density at radius 3 is 2.81 bits per heavy atom. The highest BCUT2D eigenvalue weighted by Gasteiger charge is 2.30. The molecule has 2 heterocycles. The molecule has 1 aromatic heterocycles. The number of halogens is 1. The third kappa shape index (κ3) is 3.93. The lowest BCUT2D eigenvalue weighted by atomic mass is 9.96. The summed E-state index contributed by atoms with van der Waals surface area (Å²) in [7, 11) is 0. The van der Waals surface area contributed by atoms with Crippen molar-refractivity contribution in [3.63, 3.8) is 0 Å². The summed E-state index contributed by atoms with van der Waals surface area (Å²) in [6, 6.07) is 4.83. The van der Waals surface area contributed by atoms with Crippen molar-refractivity contribution in [2.45, 2.75) is 39.7 Å². The highest BCUT2D eigenvalue weighted by molar-refractivity contribution is 5.72. The van der Waals surface area contributed by atoms with Gasteiger partial charge in [-0.2, -0.15) is 4.98 Å². The maximum Gasteiger partial charge on any atom is 0.309 e. The first-order valence-electron chi connectivity index (χ1n) is 9.00. The van der Waals surface area contributed by atoms with Gasteiger partial charge in [-0.3, -0.25) is 9.69 Å². The van der Waals surface area contributed by atoms with Crippen molar-refractivity contribution >= 4 is 5.97 Å². The second-order valence-electron chi connectivity index (χ2n) is 6.66. The molecule has 1 fully saturated rings. The van der Waals surface area contributed by atoms with Crippen molar-refractivity contribution < 1.29 is 18.4 Å². The number of carbonyl (C=O) groups excluding carboxylic acids is 1. The Morgan fingerprint density at radius 1 is 1.42 bits per heavy atom. The minimum absolute atomic E-state index is 0.0350. The number of piperidine rings is 1. The summed E-state index contributed by atoms with van der Waals surface area (Å²) >= 11 is 0. The van der Waals surface area contributed by atoms with Crippen LogP contribution in [0.15, 0.2) is 22.7 Å². The predicted molar refractivity (Wildman–Crippen MR) is 93.8 cm³/mol. The van der Waals surface area contributed by atoms with Gasteiger partial charge in [0.1, 0.15) is 5.82 Å². The first kappa shape index (κ1) is 18.5. The summed E-state index contributed by atoms with van der Waals surface area (Å²) in [5.74, 6) is 0.444. The van der Waals surface area contributed by atoms with Crippen LogP contribution in [0, 0.1) is 18.7 Å². The van der Waals surface area contributed by atoms with Crippen LogP contribution in [0.4, 0.5) is 4.39 Å². The van der Waals surface area contributed by atoms with Crippen LogP contribution in [0.3, 0.4) is 0 Å². The molecule has 0 N–H and O–H groups in total. The molecule has 0 radical (unpaired) electrons. The number of carbonyl (C=O) groups is 1. The highest BCUT2D eigenvalue weighted by Crippen LogP contribution is 2.28. The van der Waals surface area contributed by atoms with E-state index in [1.807, 2.05) is 13.8 Å². The Kier molecular flexibility index (Phi) is 5.66. The summed E-state index contributed by atoms with van der Waals surface area (Å²) in [6.07, 6.45) is 1.51. The van der Waals surface area contributed by atoms with Crippen LogP contribution >= 0.6 is 0 Å². The molecule has 6 nitrogen and oxygen atoms in total. The average molecular weight is 361 g/mol. The molecule has 1 aliphatic heterocycles.